The molecule has 1 aromatic carbocycles. The van der Waals surface area contributed by atoms with Crippen molar-refractivity contribution in [1.82, 2.24) is 0 Å². The van der Waals surface area contributed by atoms with Gasteiger partial charge in [-0.15, -0.1) is 0 Å². The van der Waals surface area contributed by atoms with E-state index in [-0.39, 0.29) is 35.6 Å². The van der Waals surface area contributed by atoms with E-state index in [0.717, 1.165) is 31.4 Å². The Morgan fingerprint density at radius 2 is 2.21 bits per heavy atom. The van der Waals surface area contributed by atoms with E-state index in [0.29, 0.717) is 0 Å². The number of rotatable bonds is 5. The minimum atomic E-state index is -0.690. The smallest absolute Gasteiger partial charge is 0.294 e. The molecule has 0 radical (unpaired) electrons. The summed E-state index contributed by atoms with van der Waals surface area (Å²) < 4.78 is 13.6. The molecule has 0 amide bonds. The highest BCUT2D eigenvalue weighted by molar-refractivity contribution is 6.31. The molecule has 5 nitrogen and oxygen atoms in total. The van der Waals surface area contributed by atoms with Crippen LogP contribution >= 0.6 is 11.6 Å². The Hall–Kier alpha value is -1.40. The molecule has 0 bridgehead atoms. The second-order valence-corrected chi connectivity index (χ2v) is 4.92. The highest BCUT2D eigenvalue weighted by atomic mass is 35.5. The van der Waals surface area contributed by atoms with Crippen LogP contribution in [0.4, 0.5) is 15.8 Å². The average molecular weight is 289 g/mol. The fourth-order valence-electron chi connectivity index (χ4n) is 2.21. The van der Waals surface area contributed by atoms with Gasteiger partial charge in [-0.05, 0) is 19.3 Å². The Morgan fingerprint density at radius 1 is 1.53 bits per heavy atom. The zero-order chi connectivity index (χ0) is 14.0. The summed E-state index contributed by atoms with van der Waals surface area (Å²) in [4.78, 5) is 12.2. The molecule has 7 heteroatoms. The predicted molar refractivity (Wildman–Crippen MR) is 70.1 cm³/mol. The highest BCUT2D eigenvalue weighted by Gasteiger charge is 2.30. The van der Waals surface area contributed by atoms with Gasteiger partial charge in [0.05, 0.1) is 16.6 Å². The van der Waals surface area contributed by atoms with Crippen LogP contribution in [0.25, 0.3) is 0 Å². The normalized spacial score (nSPS) is 15.1. The first kappa shape index (κ1) is 14.0. The quantitative estimate of drug-likeness (QED) is 0.668. The standard InChI is InChI=1S/C12H14ClFN2O3/c13-9-6-12(16(18)19)11(7-10(9)14)15(4-5-17)8-2-1-3-8/h6-8,17H,1-5H2. The SMILES string of the molecule is O=[N+]([O-])c1cc(Cl)c(F)cc1N(CCO)C1CCC1. The van der Waals surface area contributed by atoms with Gasteiger partial charge in [0, 0.05) is 24.7 Å². The van der Waals surface area contributed by atoms with Gasteiger partial charge in [0.2, 0.25) is 0 Å². The third-order valence-corrected chi connectivity index (χ3v) is 3.67. The van der Waals surface area contributed by atoms with Crippen LogP contribution in [0.15, 0.2) is 12.1 Å². The Morgan fingerprint density at radius 3 is 2.68 bits per heavy atom. The number of nitrogens with zero attached hydrogens (tertiary/aromatic N) is 2. The zero-order valence-corrected chi connectivity index (χ0v) is 10.9. The molecule has 0 spiro atoms. The number of nitro groups is 1. The monoisotopic (exact) mass is 288 g/mol. The first-order chi connectivity index (χ1) is 9.04. The maximum absolute atomic E-state index is 13.6. The average Bonchev–Trinajstić information content (AvgIpc) is 2.29. The van der Waals surface area contributed by atoms with Gasteiger partial charge in [0.1, 0.15) is 11.5 Å². The number of aliphatic hydroxyl groups is 1. The van der Waals surface area contributed by atoms with Crippen molar-refractivity contribution < 1.29 is 14.4 Å². The van der Waals surface area contributed by atoms with E-state index in [4.69, 9.17) is 16.7 Å². The largest absolute Gasteiger partial charge is 0.395 e. The molecule has 1 aromatic rings. The Bertz CT molecular complexity index is 494. The fraction of sp³-hybridized carbons (Fsp3) is 0.500. The first-order valence-electron chi connectivity index (χ1n) is 6.05. The molecular weight excluding hydrogens is 275 g/mol. The van der Waals surface area contributed by atoms with Gasteiger partial charge in [-0.2, -0.15) is 0 Å². The second kappa shape index (κ2) is 5.71. The van der Waals surface area contributed by atoms with E-state index < -0.39 is 10.7 Å². The van der Waals surface area contributed by atoms with Crippen LogP contribution in [-0.4, -0.2) is 29.2 Å². The number of aliphatic hydroxyl groups excluding tert-OH is 1. The Kier molecular flexibility index (Phi) is 4.21. The van der Waals surface area contributed by atoms with Gasteiger partial charge >= 0.3 is 0 Å². The number of benzene rings is 1. The zero-order valence-electron chi connectivity index (χ0n) is 10.2. The lowest BCUT2D eigenvalue weighted by Gasteiger charge is -2.38. The summed E-state index contributed by atoms with van der Waals surface area (Å²) in [5.41, 5.74) is -0.0441. The van der Waals surface area contributed by atoms with Crippen LogP contribution < -0.4 is 4.90 Å². The predicted octanol–water partition coefficient (Wildman–Crippen LogP) is 2.74. The third kappa shape index (κ3) is 2.79. The maximum Gasteiger partial charge on any atom is 0.294 e. The molecule has 1 N–H and O–H groups in total. The van der Waals surface area contributed by atoms with E-state index in [1.54, 1.807) is 4.90 Å². The number of anilines is 1. The molecule has 0 aromatic heterocycles. The lowest BCUT2D eigenvalue weighted by molar-refractivity contribution is -0.384. The number of nitro benzene ring substituents is 1. The van der Waals surface area contributed by atoms with Crippen LogP contribution in [-0.2, 0) is 0 Å². The van der Waals surface area contributed by atoms with Crippen molar-refractivity contribution in [2.24, 2.45) is 0 Å². The number of halogens is 2. The number of hydrogen-bond acceptors (Lipinski definition) is 4. The Labute approximate surface area is 114 Å². The van der Waals surface area contributed by atoms with Gasteiger partial charge in [-0.25, -0.2) is 4.39 Å². The van der Waals surface area contributed by atoms with E-state index in [1.807, 2.05) is 0 Å². The summed E-state index contributed by atoms with van der Waals surface area (Å²) in [6, 6.07) is 2.22. The van der Waals surface area contributed by atoms with Crippen molar-refractivity contribution in [2.45, 2.75) is 25.3 Å². The Balaban J connectivity index is 2.44. The van der Waals surface area contributed by atoms with Crippen molar-refractivity contribution >= 4 is 23.0 Å². The maximum atomic E-state index is 13.6. The molecule has 0 aliphatic heterocycles. The van der Waals surface area contributed by atoms with Crippen molar-refractivity contribution in [3.8, 4) is 0 Å². The summed E-state index contributed by atoms with van der Waals surface area (Å²) in [5, 5.41) is 19.9. The molecule has 1 fully saturated rings. The van der Waals surface area contributed by atoms with E-state index in [1.165, 1.54) is 0 Å². The summed E-state index contributed by atoms with van der Waals surface area (Å²) in [7, 11) is 0. The van der Waals surface area contributed by atoms with Crippen LogP contribution in [0.1, 0.15) is 19.3 Å². The molecule has 2 rings (SSSR count). The van der Waals surface area contributed by atoms with Crippen LogP contribution in [0.2, 0.25) is 5.02 Å². The molecule has 1 saturated carbocycles. The molecule has 19 heavy (non-hydrogen) atoms. The lowest BCUT2D eigenvalue weighted by Crippen LogP contribution is -2.42. The molecular formula is C12H14ClFN2O3. The topological polar surface area (TPSA) is 66.6 Å². The van der Waals surface area contributed by atoms with Crippen molar-refractivity contribution in [3.63, 3.8) is 0 Å². The van der Waals surface area contributed by atoms with Gasteiger partial charge in [0.25, 0.3) is 5.69 Å². The summed E-state index contributed by atoms with van der Waals surface area (Å²) in [6.07, 6.45) is 2.82. The van der Waals surface area contributed by atoms with Crippen LogP contribution in [0.3, 0.4) is 0 Å². The molecule has 0 unspecified atom stereocenters. The fourth-order valence-corrected chi connectivity index (χ4v) is 2.37. The molecule has 0 atom stereocenters. The van der Waals surface area contributed by atoms with Crippen LogP contribution in [0.5, 0.6) is 0 Å². The summed E-state index contributed by atoms with van der Waals surface area (Å²) in [6.45, 7) is 0.102. The van der Waals surface area contributed by atoms with Crippen molar-refractivity contribution in [3.05, 3.63) is 33.1 Å². The van der Waals surface area contributed by atoms with Gasteiger partial charge in [-0.3, -0.25) is 10.1 Å². The van der Waals surface area contributed by atoms with Crippen LogP contribution in [0, 0.1) is 15.9 Å². The van der Waals surface area contributed by atoms with E-state index in [9.17, 15) is 14.5 Å². The van der Waals surface area contributed by atoms with E-state index >= 15 is 0 Å². The lowest BCUT2D eigenvalue weighted by atomic mass is 9.91. The minimum Gasteiger partial charge on any atom is -0.395 e. The highest BCUT2D eigenvalue weighted by Crippen LogP contribution is 2.37. The third-order valence-electron chi connectivity index (χ3n) is 3.38. The molecule has 1 aliphatic carbocycles. The molecule has 1 aliphatic rings. The van der Waals surface area contributed by atoms with Crippen molar-refractivity contribution in [1.29, 1.82) is 0 Å². The summed E-state index contributed by atoms with van der Waals surface area (Å²) in [5.74, 6) is -0.690. The van der Waals surface area contributed by atoms with E-state index in [2.05, 4.69) is 0 Å². The minimum absolute atomic E-state index is 0.117. The first-order valence-corrected chi connectivity index (χ1v) is 6.43. The number of hydrogen-bond donors (Lipinski definition) is 1. The second-order valence-electron chi connectivity index (χ2n) is 4.51. The van der Waals surface area contributed by atoms with Crippen molar-refractivity contribution in [2.75, 3.05) is 18.1 Å². The van der Waals surface area contributed by atoms with Gasteiger partial charge < -0.3 is 10.0 Å². The molecule has 104 valence electrons. The van der Waals surface area contributed by atoms with Gasteiger partial charge in [-0.1, -0.05) is 11.6 Å². The summed E-state index contributed by atoms with van der Waals surface area (Å²) >= 11 is 5.59. The molecule has 0 saturated heterocycles. The van der Waals surface area contributed by atoms with Gasteiger partial charge in [0.15, 0.2) is 0 Å². The molecule has 0 heterocycles.